The van der Waals surface area contributed by atoms with Crippen LogP contribution in [0.4, 0.5) is 5.69 Å². The number of para-hydroxylation sites is 1. The van der Waals surface area contributed by atoms with Crippen molar-refractivity contribution >= 4 is 22.8 Å². The van der Waals surface area contributed by atoms with Gasteiger partial charge >= 0.3 is 5.69 Å². The molecule has 9 nitrogen and oxygen atoms in total. The van der Waals surface area contributed by atoms with Gasteiger partial charge in [-0.1, -0.05) is 66.2 Å². The van der Waals surface area contributed by atoms with Gasteiger partial charge in [0, 0.05) is 18.8 Å². The highest BCUT2D eigenvalue weighted by Crippen LogP contribution is 2.32. The number of nitrogens with one attached hydrogen (secondary N) is 1. The molecule has 0 radical (unpaired) electrons. The van der Waals surface area contributed by atoms with Crippen molar-refractivity contribution in [1.29, 1.82) is 0 Å². The zero-order valence-electron chi connectivity index (χ0n) is 22.3. The Morgan fingerprint density at radius 1 is 0.972 bits per heavy atom. The van der Waals surface area contributed by atoms with E-state index in [2.05, 4.69) is 38.0 Å². The summed E-state index contributed by atoms with van der Waals surface area (Å²) < 4.78 is 4.12. The highest BCUT2D eigenvalue weighted by Gasteiger charge is 2.23. The molecule has 0 spiro atoms. The lowest BCUT2D eigenvalue weighted by Crippen LogP contribution is -2.43. The molecular formula is C27H39N5O4. The van der Waals surface area contributed by atoms with Gasteiger partial charge in [-0.15, -0.1) is 0 Å². The second-order valence-corrected chi connectivity index (χ2v) is 9.86. The van der Waals surface area contributed by atoms with Crippen LogP contribution in [0.5, 0.6) is 0 Å². The topological polar surface area (TPSA) is 111 Å². The smallest absolute Gasteiger partial charge is 0.333 e. The maximum Gasteiger partial charge on any atom is 0.333 e. The van der Waals surface area contributed by atoms with E-state index < -0.39 is 23.7 Å². The molecule has 0 saturated carbocycles. The van der Waals surface area contributed by atoms with Gasteiger partial charge in [-0.05, 0) is 35.8 Å². The van der Waals surface area contributed by atoms with Gasteiger partial charge < -0.3 is 15.0 Å². The Morgan fingerprint density at radius 2 is 1.61 bits per heavy atom. The number of aliphatic hydroxyl groups is 1. The molecule has 3 rings (SSSR count). The van der Waals surface area contributed by atoms with E-state index in [-0.39, 0.29) is 29.6 Å². The first kappa shape index (κ1) is 27.4. The molecule has 0 atom stereocenters. The number of aryl methyl sites for hydroxylation is 2. The summed E-state index contributed by atoms with van der Waals surface area (Å²) in [7, 11) is 0. The zero-order chi connectivity index (χ0) is 26.6. The van der Waals surface area contributed by atoms with Gasteiger partial charge in [0.15, 0.2) is 11.2 Å². The quantitative estimate of drug-likeness (QED) is 0.417. The molecule has 0 saturated heterocycles. The molecule has 0 aliphatic carbocycles. The van der Waals surface area contributed by atoms with Crippen molar-refractivity contribution in [1.82, 2.24) is 18.7 Å². The molecular weight excluding hydrogens is 458 g/mol. The van der Waals surface area contributed by atoms with Crippen molar-refractivity contribution < 1.29 is 9.90 Å². The fourth-order valence-corrected chi connectivity index (χ4v) is 4.60. The van der Waals surface area contributed by atoms with E-state index >= 15 is 0 Å². The highest BCUT2D eigenvalue weighted by molar-refractivity contribution is 5.92. The van der Waals surface area contributed by atoms with Crippen molar-refractivity contribution in [3.05, 3.63) is 56.0 Å². The number of aromatic nitrogens is 4. The Hall–Kier alpha value is -3.20. The number of amides is 1. The molecule has 0 fully saturated rings. The summed E-state index contributed by atoms with van der Waals surface area (Å²) in [4.78, 5) is 44.7. The predicted octanol–water partition coefficient (Wildman–Crippen LogP) is 3.95. The molecule has 36 heavy (non-hydrogen) atoms. The zero-order valence-corrected chi connectivity index (χ0v) is 22.3. The number of nitrogens with zero attached hydrogens (tertiary/aromatic N) is 4. The maximum atomic E-state index is 13.6. The Kier molecular flexibility index (Phi) is 8.89. The summed E-state index contributed by atoms with van der Waals surface area (Å²) in [6.07, 6.45) is 2.28. The second-order valence-electron chi connectivity index (χ2n) is 9.86. The molecule has 2 heterocycles. The van der Waals surface area contributed by atoms with Crippen LogP contribution in [0.1, 0.15) is 89.6 Å². The predicted molar refractivity (Wildman–Crippen MR) is 143 cm³/mol. The number of anilines is 1. The van der Waals surface area contributed by atoms with Gasteiger partial charge in [0.2, 0.25) is 5.91 Å². The molecule has 196 valence electrons. The van der Waals surface area contributed by atoms with E-state index in [0.29, 0.717) is 25.3 Å². The average molecular weight is 498 g/mol. The van der Waals surface area contributed by atoms with Crippen LogP contribution in [0.25, 0.3) is 11.2 Å². The lowest BCUT2D eigenvalue weighted by molar-refractivity contribution is -0.116. The molecule has 0 aliphatic rings. The lowest BCUT2D eigenvalue weighted by atomic mass is 9.92. The Balaban J connectivity index is 2.14. The Labute approximate surface area is 211 Å². The largest absolute Gasteiger partial charge is 0.388 e. The van der Waals surface area contributed by atoms with Crippen LogP contribution < -0.4 is 16.6 Å². The van der Waals surface area contributed by atoms with Gasteiger partial charge in [0.05, 0.1) is 0 Å². The van der Waals surface area contributed by atoms with Crippen molar-refractivity contribution in [3.8, 4) is 0 Å². The van der Waals surface area contributed by atoms with Crippen LogP contribution in [-0.2, 0) is 31.0 Å². The number of carbonyl (C=O) groups is 1. The number of aliphatic hydroxyl groups excluding tert-OH is 1. The molecule has 1 amide bonds. The van der Waals surface area contributed by atoms with E-state index in [0.717, 1.165) is 34.2 Å². The summed E-state index contributed by atoms with van der Waals surface area (Å²) >= 11 is 0. The monoisotopic (exact) mass is 497 g/mol. The molecule has 1 aromatic carbocycles. The number of benzene rings is 1. The Bertz CT molecular complexity index is 1320. The molecule has 0 unspecified atom stereocenters. The lowest BCUT2D eigenvalue weighted by Gasteiger charge is -2.20. The third-order valence-electron chi connectivity index (χ3n) is 6.46. The van der Waals surface area contributed by atoms with Crippen molar-refractivity contribution in [3.63, 3.8) is 0 Å². The first-order valence-electron chi connectivity index (χ1n) is 12.9. The third kappa shape index (κ3) is 5.31. The van der Waals surface area contributed by atoms with Crippen molar-refractivity contribution in [2.45, 2.75) is 98.9 Å². The summed E-state index contributed by atoms with van der Waals surface area (Å²) in [5, 5.41) is 12.9. The van der Waals surface area contributed by atoms with Gasteiger partial charge in [0.25, 0.3) is 5.56 Å². The fraction of sp³-hybridized carbons (Fsp3) is 0.556. The first-order valence-corrected chi connectivity index (χ1v) is 12.9. The minimum Gasteiger partial charge on any atom is -0.388 e. The van der Waals surface area contributed by atoms with Gasteiger partial charge in [-0.2, -0.15) is 0 Å². The molecule has 3 aromatic rings. The molecule has 0 aliphatic heterocycles. The SMILES string of the molecule is CCCCn1c(=O)n(CC(=O)Nc2c(C(C)C)cccc2C(C)C)c(=O)c2c1nc(CO)n2CCC. The number of unbranched alkanes of at least 4 members (excludes halogenated alkanes) is 1. The van der Waals surface area contributed by atoms with Crippen LogP contribution >= 0.6 is 0 Å². The van der Waals surface area contributed by atoms with E-state index in [1.165, 1.54) is 4.57 Å². The normalized spacial score (nSPS) is 11.7. The van der Waals surface area contributed by atoms with Gasteiger partial charge in [-0.3, -0.25) is 14.2 Å². The van der Waals surface area contributed by atoms with Crippen LogP contribution in [0, 0.1) is 0 Å². The summed E-state index contributed by atoms with van der Waals surface area (Å²) in [6, 6.07) is 5.96. The summed E-state index contributed by atoms with van der Waals surface area (Å²) in [6.45, 7) is 12.3. The van der Waals surface area contributed by atoms with E-state index in [4.69, 9.17) is 0 Å². The van der Waals surface area contributed by atoms with Crippen molar-refractivity contribution in [2.24, 2.45) is 0 Å². The number of fused-ring (bicyclic) bond motifs is 1. The van der Waals surface area contributed by atoms with E-state index in [1.54, 1.807) is 4.57 Å². The minimum atomic E-state index is -0.570. The standard InChI is InChI=1S/C27H39N5O4/c1-7-9-14-31-25-24(30(13-8-2)21(16-33)28-25)26(35)32(27(31)36)15-22(34)29-23-19(17(3)4)11-10-12-20(23)18(5)6/h10-12,17-18,33H,7-9,13-16H2,1-6H3,(H,29,34). The third-order valence-corrected chi connectivity index (χ3v) is 6.46. The highest BCUT2D eigenvalue weighted by atomic mass is 16.3. The number of hydrogen-bond acceptors (Lipinski definition) is 5. The molecule has 0 bridgehead atoms. The van der Waals surface area contributed by atoms with E-state index in [1.807, 2.05) is 32.0 Å². The molecule has 2 N–H and O–H groups in total. The van der Waals surface area contributed by atoms with E-state index in [9.17, 15) is 19.5 Å². The average Bonchev–Trinajstić information content (AvgIpc) is 3.20. The number of rotatable bonds is 11. The molecule has 2 aromatic heterocycles. The number of hydrogen-bond donors (Lipinski definition) is 2. The van der Waals surface area contributed by atoms with Crippen LogP contribution in [-0.4, -0.2) is 29.7 Å². The number of carbonyl (C=O) groups excluding carboxylic acids is 1. The van der Waals surface area contributed by atoms with Gasteiger partial charge in [-0.25, -0.2) is 14.3 Å². The van der Waals surface area contributed by atoms with Crippen LogP contribution in [0.3, 0.4) is 0 Å². The van der Waals surface area contributed by atoms with Crippen LogP contribution in [0.2, 0.25) is 0 Å². The maximum absolute atomic E-state index is 13.6. The second kappa shape index (κ2) is 11.7. The summed E-state index contributed by atoms with van der Waals surface area (Å²) in [5.41, 5.74) is 2.13. The van der Waals surface area contributed by atoms with Crippen LogP contribution in [0.15, 0.2) is 27.8 Å². The first-order chi connectivity index (χ1) is 17.2. The minimum absolute atomic E-state index is 0.185. The van der Waals surface area contributed by atoms with Crippen molar-refractivity contribution in [2.75, 3.05) is 5.32 Å². The fourth-order valence-electron chi connectivity index (χ4n) is 4.60. The summed E-state index contributed by atoms with van der Waals surface area (Å²) in [5.74, 6) is 0.270. The van der Waals surface area contributed by atoms with Gasteiger partial charge in [0.1, 0.15) is 19.0 Å². The Morgan fingerprint density at radius 3 is 2.14 bits per heavy atom. The number of imidazole rings is 1. The molecule has 9 heteroatoms.